The molecule has 3 rings (SSSR count). The van der Waals surface area contributed by atoms with E-state index in [0.29, 0.717) is 11.3 Å². The molecule has 1 saturated heterocycles. The Morgan fingerprint density at radius 2 is 1.68 bits per heavy atom. The molecular weight excluding hydrogens is 392 g/mol. The van der Waals surface area contributed by atoms with Gasteiger partial charge in [-0.15, -0.1) is 0 Å². The second-order valence-electron chi connectivity index (χ2n) is 8.05. The molecule has 0 bridgehead atoms. The molecule has 31 heavy (non-hydrogen) atoms. The van der Waals surface area contributed by atoms with Crippen molar-refractivity contribution in [3.63, 3.8) is 0 Å². The zero-order valence-electron chi connectivity index (χ0n) is 18.4. The van der Waals surface area contributed by atoms with Gasteiger partial charge in [0.25, 0.3) is 5.91 Å². The number of benzene rings is 2. The van der Waals surface area contributed by atoms with Crippen molar-refractivity contribution in [3.8, 4) is 0 Å². The van der Waals surface area contributed by atoms with E-state index in [0.717, 1.165) is 42.7 Å². The Morgan fingerprint density at radius 1 is 1.00 bits per heavy atom. The van der Waals surface area contributed by atoms with Crippen LogP contribution in [-0.2, 0) is 9.59 Å². The van der Waals surface area contributed by atoms with Crippen LogP contribution >= 0.6 is 0 Å². The van der Waals surface area contributed by atoms with E-state index in [1.807, 2.05) is 55.1 Å². The fourth-order valence-corrected chi connectivity index (χ4v) is 3.54. The summed E-state index contributed by atoms with van der Waals surface area (Å²) in [6, 6.07) is 13.0. The van der Waals surface area contributed by atoms with Crippen LogP contribution < -0.4 is 10.6 Å². The van der Waals surface area contributed by atoms with E-state index in [2.05, 4.69) is 10.6 Å². The van der Waals surface area contributed by atoms with Crippen molar-refractivity contribution < 1.29 is 14.4 Å². The highest BCUT2D eigenvalue weighted by Crippen LogP contribution is 2.19. The predicted molar refractivity (Wildman–Crippen MR) is 122 cm³/mol. The van der Waals surface area contributed by atoms with E-state index >= 15 is 0 Å². The SMILES string of the molecule is Cc1ccc(NC(=O)CN(C)C(=O)CNc2ccc(C(=O)N3CCCC3)cc2C)cc1. The van der Waals surface area contributed by atoms with Crippen LogP contribution in [0, 0.1) is 13.8 Å². The largest absolute Gasteiger partial charge is 0.376 e. The minimum absolute atomic E-state index is 0.0311. The molecule has 0 saturated carbocycles. The summed E-state index contributed by atoms with van der Waals surface area (Å²) in [4.78, 5) is 40.4. The third-order valence-electron chi connectivity index (χ3n) is 5.44. The van der Waals surface area contributed by atoms with Crippen molar-refractivity contribution in [2.75, 3.05) is 43.9 Å². The number of anilines is 2. The number of hydrogen-bond acceptors (Lipinski definition) is 4. The lowest BCUT2D eigenvalue weighted by Crippen LogP contribution is -2.38. The number of carbonyl (C=O) groups excluding carboxylic acids is 3. The summed E-state index contributed by atoms with van der Waals surface area (Å²) < 4.78 is 0. The topological polar surface area (TPSA) is 81.8 Å². The molecule has 0 radical (unpaired) electrons. The minimum Gasteiger partial charge on any atom is -0.376 e. The first-order valence-corrected chi connectivity index (χ1v) is 10.6. The Balaban J connectivity index is 1.49. The van der Waals surface area contributed by atoms with Gasteiger partial charge in [-0.2, -0.15) is 0 Å². The second-order valence-corrected chi connectivity index (χ2v) is 8.05. The van der Waals surface area contributed by atoms with Crippen molar-refractivity contribution >= 4 is 29.1 Å². The van der Waals surface area contributed by atoms with Crippen LogP contribution in [0.3, 0.4) is 0 Å². The average molecular weight is 423 g/mol. The van der Waals surface area contributed by atoms with Gasteiger partial charge in [-0.1, -0.05) is 17.7 Å². The number of amides is 3. The summed E-state index contributed by atoms with van der Waals surface area (Å²) in [5, 5.41) is 5.90. The van der Waals surface area contributed by atoms with Crippen LogP contribution in [0.2, 0.25) is 0 Å². The molecule has 2 N–H and O–H groups in total. The van der Waals surface area contributed by atoms with Gasteiger partial charge in [-0.25, -0.2) is 0 Å². The average Bonchev–Trinajstić information content (AvgIpc) is 3.28. The zero-order valence-corrected chi connectivity index (χ0v) is 18.4. The van der Waals surface area contributed by atoms with Crippen molar-refractivity contribution in [1.82, 2.24) is 9.80 Å². The van der Waals surface area contributed by atoms with Crippen molar-refractivity contribution in [2.24, 2.45) is 0 Å². The maximum absolute atomic E-state index is 12.5. The van der Waals surface area contributed by atoms with E-state index < -0.39 is 0 Å². The standard InChI is InChI=1S/C24H30N4O3/c1-17-6-9-20(10-7-17)26-22(29)16-27(3)23(30)15-25-21-11-8-19(14-18(21)2)24(31)28-12-4-5-13-28/h6-11,14,25H,4-5,12-13,15-16H2,1-3H3,(H,26,29). The molecule has 1 fully saturated rings. The van der Waals surface area contributed by atoms with Crippen molar-refractivity contribution in [2.45, 2.75) is 26.7 Å². The van der Waals surface area contributed by atoms with E-state index in [4.69, 9.17) is 0 Å². The molecule has 7 nitrogen and oxygen atoms in total. The Morgan fingerprint density at radius 3 is 2.32 bits per heavy atom. The van der Waals surface area contributed by atoms with Crippen LogP contribution in [0.15, 0.2) is 42.5 Å². The summed E-state index contributed by atoms with van der Waals surface area (Å²) in [6.45, 7) is 5.55. The highest BCUT2D eigenvalue weighted by Gasteiger charge is 2.20. The highest BCUT2D eigenvalue weighted by atomic mass is 16.2. The smallest absolute Gasteiger partial charge is 0.253 e. The molecule has 2 aromatic carbocycles. The molecule has 2 aromatic rings. The number of likely N-dealkylation sites (N-methyl/N-ethyl adjacent to an activating group) is 1. The molecule has 164 valence electrons. The van der Waals surface area contributed by atoms with Gasteiger partial charge >= 0.3 is 0 Å². The quantitative estimate of drug-likeness (QED) is 0.719. The predicted octanol–water partition coefficient (Wildman–Crippen LogP) is 3.05. The highest BCUT2D eigenvalue weighted by molar-refractivity contribution is 5.96. The first-order chi connectivity index (χ1) is 14.8. The maximum Gasteiger partial charge on any atom is 0.253 e. The lowest BCUT2D eigenvalue weighted by atomic mass is 10.1. The molecule has 1 aliphatic heterocycles. The fraction of sp³-hybridized carbons (Fsp3) is 0.375. The fourth-order valence-electron chi connectivity index (χ4n) is 3.54. The molecule has 7 heteroatoms. The summed E-state index contributed by atoms with van der Waals surface area (Å²) in [5.41, 5.74) is 4.18. The normalized spacial score (nSPS) is 13.1. The van der Waals surface area contributed by atoms with Gasteiger partial charge in [-0.05, 0) is 62.6 Å². The molecular formula is C24H30N4O3. The van der Waals surface area contributed by atoms with Gasteiger partial charge in [-0.3, -0.25) is 14.4 Å². The number of hydrogen-bond donors (Lipinski definition) is 2. The Bertz CT molecular complexity index is 950. The van der Waals surface area contributed by atoms with Crippen LogP contribution in [-0.4, -0.2) is 60.7 Å². The summed E-state index contributed by atoms with van der Waals surface area (Å²) >= 11 is 0. The van der Waals surface area contributed by atoms with Gasteiger partial charge in [0.2, 0.25) is 11.8 Å². The van der Waals surface area contributed by atoms with Crippen LogP contribution in [0.1, 0.15) is 34.3 Å². The van der Waals surface area contributed by atoms with Gasteiger partial charge < -0.3 is 20.4 Å². The first-order valence-electron chi connectivity index (χ1n) is 10.6. The van der Waals surface area contributed by atoms with E-state index in [9.17, 15) is 14.4 Å². The lowest BCUT2D eigenvalue weighted by molar-refractivity contribution is -0.131. The third-order valence-corrected chi connectivity index (χ3v) is 5.44. The monoisotopic (exact) mass is 422 g/mol. The third kappa shape index (κ3) is 6.07. The molecule has 1 heterocycles. The van der Waals surface area contributed by atoms with Crippen LogP contribution in [0.25, 0.3) is 0 Å². The summed E-state index contributed by atoms with van der Waals surface area (Å²) in [6.07, 6.45) is 2.12. The molecule has 3 amide bonds. The number of likely N-dealkylation sites (tertiary alicyclic amines) is 1. The maximum atomic E-state index is 12.5. The molecule has 0 atom stereocenters. The van der Waals surface area contributed by atoms with Crippen LogP contribution in [0.4, 0.5) is 11.4 Å². The molecule has 0 aliphatic carbocycles. The molecule has 0 unspecified atom stereocenters. The van der Waals surface area contributed by atoms with E-state index in [-0.39, 0.29) is 30.8 Å². The second kappa shape index (κ2) is 10.1. The Labute approximate surface area is 183 Å². The van der Waals surface area contributed by atoms with Crippen LogP contribution in [0.5, 0.6) is 0 Å². The first kappa shape index (κ1) is 22.3. The minimum atomic E-state index is -0.249. The molecule has 1 aliphatic rings. The van der Waals surface area contributed by atoms with Crippen molar-refractivity contribution in [3.05, 3.63) is 59.2 Å². The summed E-state index contributed by atoms with van der Waals surface area (Å²) in [5.74, 6) is -0.390. The number of nitrogens with one attached hydrogen (secondary N) is 2. The van der Waals surface area contributed by atoms with Gasteiger partial charge in [0.05, 0.1) is 13.1 Å². The van der Waals surface area contributed by atoms with Gasteiger partial charge in [0.1, 0.15) is 0 Å². The molecule has 0 aromatic heterocycles. The van der Waals surface area contributed by atoms with Crippen molar-refractivity contribution in [1.29, 1.82) is 0 Å². The number of rotatable bonds is 7. The number of nitrogens with zero attached hydrogens (tertiary/aromatic N) is 2. The summed E-state index contributed by atoms with van der Waals surface area (Å²) in [7, 11) is 1.60. The number of aryl methyl sites for hydroxylation is 2. The van der Waals surface area contributed by atoms with Gasteiger partial charge in [0.15, 0.2) is 0 Å². The lowest BCUT2D eigenvalue weighted by Gasteiger charge is -2.19. The van der Waals surface area contributed by atoms with Gasteiger partial charge in [0, 0.05) is 37.1 Å². The Hall–Kier alpha value is -3.35. The zero-order chi connectivity index (χ0) is 22.4. The number of carbonyl (C=O) groups is 3. The van der Waals surface area contributed by atoms with E-state index in [1.54, 1.807) is 13.1 Å². The molecule has 0 spiro atoms. The Kier molecular flexibility index (Phi) is 7.28. The van der Waals surface area contributed by atoms with E-state index in [1.165, 1.54) is 4.90 Å².